The van der Waals surface area contributed by atoms with Crippen LogP contribution < -0.4 is 4.74 Å². The lowest BCUT2D eigenvalue weighted by molar-refractivity contribution is -0.285. The molecule has 0 bridgehead atoms. The molecular formula is C20H21NO7. The lowest BCUT2D eigenvalue weighted by Crippen LogP contribution is -2.58. The predicted molar refractivity (Wildman–Crippen MR) is 98.4 cm³/mol. The van der Waals surface area contributed by atoms with Gasteiger partial charge >= 0.3 is 0 Å². The van der Waals surface area contributed by atoms with E-state index in [1.165, 1.54) is 12.1 Å². The van der Waals surface area contributed by atoms with Crippen LogP contribution in [0.5, 0.6) is 5.75 Å². The van der Waals surface area contributed by atoms with Gasteiger partial charge in [-0.1, -0.05) is 18.2 Å². The molecule has 28 heavy (non-hydrogen) atoms. The first-order valence-electron chi connectivity index (χ1n) is 8.69. The first-order chi connectivity index (χ1) is 13.5. The standard InChI is InChI=1S/C20H21NO7/c22-15(7-6-12-3-2-8-21-10-12)13-4-1-5-14(9-13)27-11-16-17(23)18(24)19(25)20(26)28-16/h1-10,16-20,23-26H,11H2/b7-6+. The molecule has 1 aromatic carbocycles. The summed E-state index contributed by atoms with van der Waals surface area (Å²) in [5.41, 5.74) is 1.20. The maximum atomic E-state index is 12.3. The Bertz CT molecular complexity index is 826. The molecule has 1 aliphatic rings. The SMILES string of the molecule is O=C(/C=C/c1cccnc1)c1cccc(OCC2OC(O)C(O)C(O)C2O)c1. The summed E-state index contributed by atoms with van der Waals surface area (Å²) in [7, 11) is 0. The molecule has 0 radical (unpaired) electrons. The smallest absolute Gasteiger partial charge is 0.185 e. The number of aliphatic hydroxyl groups excluding tert-OH is 4. The molecule has 8 heteroatoms. The third-order valence-corrected chi connectivity index (χ3v) is 4.33. The molecule has 4 N–H and O–H groups in total. The number of ether oxygens (including phenoxy) is 2. The van der Waals surface area contributed by atoms with Crippen molar-refractivity contribution in [2.75, 3.05) is 6.61 Å². The van der Waals surface area contributed by atoms with Crippen molar-refractivity contribution < 1.29 is 34.7 Å². The van der Waals surface area contributed by atoms with Crippen molar-refractivity contribution >= 4 is 11.9 Å². The summed E-state index contributed by atoms with van der Waals surface area (Å²) in [6.07, 6.45) is -0.880. The van der Waals surface area contributed by atoms with Gasteiger partial charge in [-0.05, 0) is 35.9 Å². The average molecular weight is 387 g/mol. The molecule has 3 rings (SSSR count). The lowest BCUT2D eigenvalue weighted by atomic mass is 9.99. The number of ketones is 1. The maximum absolute atomic E-state index is 12.3. The van der Waals surface area contributed by atoms with Gasteiger partial charge in [0.1, 0.15) is 36.8 Å². The molecule has 1 saturated heterocycles. The number of carbonyl (C=O) groups is 1. The third kappa shape index (κ3) is 4.80. The van der Waals surface area contributed by atoms with Gasteiger partial charge in [0.05, 0.1) is 0 Å². The van der Waals surface area contributed by atoms with Crippen molar-refractivity contribution in [2.24, 2.45) is 0 Å². The minimum absolute atomic E-state index is 0.189. The third-order valence-electron chi connectivity index (χ3n) is 4.33. The number of carbonyl (C=O) groups excluding carboxylic acids is 1. The van der Waals surface area contributed by atoms with E-state index in [9.17, 15) is 25.2 Å². The van der Waals surface area contributed by atoms with Crippen LogP contribution in [-0.2, 0) is 4.74 Å². The van der Waals surface area contributed by atoms with Crippen molar-refractivity contribution in [2.45, 2.75) is 30.7 Å². The summed E-state index contributed by atoms with van der Waals surface area (Å²) in [6.45, 7) is -0.189. The van der Waals surface area contributed by atoms with Crippen LogP contribution in [0.1, 0.15) is 15.9 Å². The number of aliphatic hydroxyl groups is 4. The van der Waals surface area contributed by atoms with Crippen LogP contribution >= 0.6 is 0 Å². The fraction of sp³-hybridized carbons (Fsp3) is 0.300. The molecule has 1 aromatic heterocycles. The highest BCUT2D eigenvalue weighted by atomic mass is 16.6. The second-order valence-corrected chi connectivity index (χ2v) is 6.36. The van der Waals surface area contributed by atoms with Gasteiger partial charge in [0.2, 0.25) is 0 Å². The second-order valence-electron chi connectivity index (χ2n) is 6.36. The highest BCUT2D eigenvalue weighted by molar-refractivity contribution is 6.07. The van der Waals surface area contributed by atoms with Crippen LogP contribution in [0.15, 0.2) is 54.9 Å². The summed E-state index contributed by atoms with van der Waals surface area (Å²) in [4.78, 5) is 16.3. The van der Waals surface area contributed by atoms with E-state index in [2.05, 4.69) is 4.98 Å². The number of hydrogen-bond donors (Lipinski definition) is 4. The summed E-state index contributed by atoms with van der Waals surface area (Å²) >= 11 is 0. The van der Waals surface area contributed by atoms with E-state index in [0.29, 0.717) is 11.3 Å². The van der Waals surface area contributed by atoms with Gasteiger partial charge in [0, 0.05) is 18.0 Å². The van der Waals surface area contributed by atoms with E-state index < -0.39 is 30.7 Å². The molecule has 0 saturated carbocycles. The Labute approximate surface area is 161 Å². The first kappa shape index (κ1) is 20.1. The van der Waals surface area contributed by atoms with Gasteiger partial charge in [0.25, 0.3) is 0 Å². The monoisotopic (exact) mass is 387 g/mol. The fourth-order valence-electron chi connectivity index (χ4n) is 2.73. The highest BCUT2D eigenvalue weighted by Crippen LogP contribution is 2.22. The highest BCUT2D eigenvalue weighted by Gasteiger charge is 2.43. The molecule has 2 aromatic rings. The normalized spacial score (nSPS) is 27.6. The maximum Gasteiger partial charge on any atom is 0.185 e. The van der Waals surface area contributed by atoms with E-state index in [4.69, 9.17) is 9.47 Å². The van der Waals surface area contributed by atoms with Crippen molar-refractivity contribution in [3.05, 3.63) is 66.0 Å². The molecule has 148 valence electrons. The van der Waals surface area contributed by atoms with Gasteiger partial charge in [-0.15, -0.1) is 0 Å². The number of hydrogen-bond acceptors (Lipinski definition) is 8. The fourth-order valence-corrected chi connectivity index (χ4v) is 2.73. The molecule has 0 amide bonds. The molecule has 5 unspecified atom stereocenters. The zero-order valence-corrected chi connectivity index (χ0v) is 14.8. The minimum Gasteiger partial charge on any atom is -0.491 e. The second kappa shape index (κ2) is 9.05. The Hall–Kier alpha value is -2.62. The molecular weight excluding hydrogens is 366 g/mol. The first-order valence-corrected chi connectivity index (χ1v) is 8.69. The molecule has 0 spiro atoms. The Balaban J connectivity index is 1.62. The minimum atomic E-state index is -1.63. The van der Waals surface area contributed by atoms with Gasteiger partial charge in [0.15, 0.2) is 12.1 Å². The summed E-state index contributed by atoms with van der Waals surface area (Å²) in [6, 6.07) is 10.0. The zero-order chi connectivity index (χ0) is 20.1. The number of pyridine rings is 1. The van der Waals surface area contributed by atoms with Gasteiger partial charge in [-0.2, -0.15) is 0 Å². The summed E-state index contributed by atoms with van der Waals surface area (Å²) in [5, 5.41) is 38.7. The van der Waals surface area contributed by atoms with Crippen molar-refractivity contribution in [3.63, 3.8) is 0 Å². The van der Waals surface area contributed by atoms with Gasteiger partial charge < -0.3 is 29.9 Å². The molecule has 0 aliphatic carbocycles. The predicted octanol–water partition coefficient (Wildman–Crippen LogP) is 0.156. The Kier molecular flexibility index (Phi) is 6.50. The van der Waals surface area contributed by atoms with Crippen molar-refractivity contribution in [1.82, 2.24) is 4.98 Å². The van der Waals surface area contributed by atoms with E-state index in [-0.39, 0.29) is 12.4 Å². The molecule has 1 aliphatic heterocycles. The molecule has 5 atom stereocenters. The van der Waals surface area contributed by atoms with Crippen LogP contribution in [-0.4, -0.2) is 68.5 Å². The van der Waals surface area contributed by atoms with E-state index in [0.717, 1.165) is 5.56 Å². The van der Waals surface area contributed by atoms with E-state index in [1.807, 2.05) is 6.07 Å². The number of benzene rings is 1. The van der Waals surface area contributed by atoms with Crippen LogP contribution in [0.2, 0.25) is 0 Å². The average Bonchev–Trinajstić information content (AvgIpc) is 2.73. The lowest BCUT2D eigenvalue weighted by Gasteiger charge is -2.38. The molecule has 8 nitrogen and oxygen atoms in total. The Morgan fingerprint density at radius 3 is 2.68 bits per heavy atom. The topological polar surface area (TPSA) is 129 Å². The number of aromatic nitrogens is 1. The Morgan fingerprint density at radius 1 is 1.11 bits per heavy atom. The largest absolute Gasteiger partial charge is 0.491 e. The number of allylic oxidation sites excluding steroid dienone is 1. The summed E-state index contributed by atoms with van der Waals surface area (Å²) < 4.78 is 10.6. The van der Waals surface area contributed by atoms with Crippen LogP contribution in [0.25, 0.3) is 6.08 Å². The van der Waals surface area contributed by atoms with Crippen LogP contribution in [0, 0.1) is 0 Å². The molecule has 1 fully saturated rings. The van der Waals surface area contributed by atoms with Gasteiger partial charge in [-0.3, -0.25) is 9.78 Å². The Morgan fingerprint density at radius 2 is 1.93 bits per heavy atom. The van der Waals surface area contributed by atoms with E-state index >= 15 is 0 Å². The zero-order valence-electron chi connectivity index (χ0n) is 14.8. The van der Waals surface area contributed by atoms with Crippen molar-refractivity contribution in [1.29, 1.82) is 0 Å². The van der Waals surface area contributed by atoms with Crippen LogP contribution in [0.3, 0.4) is 0 Å². The number of rotatable bonds is 6. The van der Waals surface area contributed by atoms with Crippen LogP contribution in [0.4, 0.5) is 0 Å². The van der Waals surface area contributed by atoms with Gasteiger partial charge in [-0.25, -0.2) is 0 Å². The summed E-state index contributed by atoms with van der Waals surface area (Å²) in [5.74, 6) is 0.128. The van der Waals surface area contributed by atoms with E-state index in [1.54, 1.807) is 42.7 Å². The number of nitrogens with zero attached hydrogens (tertiary/aromatic N) is 1. The molecule has 2 heterocycles. The quantitative estimate of drug-likeness (QED) is 0.407. The van der Waals surface area contributed by atoms with Crippen molar-refractivity contribution in [3.8, 4) is 5.75 Å².